The summed E-state index contributed by atoms with van der Waals surface area (Å²) in [5, 5.41) is 0.733. The molecule has 0 radical (unpaired) electrons. The standard InChI is InChI=1S/C12H15ClN2O/c1-2-16-7-3-4-12-14-10-6-5-9(13)8-11(10)15-12/h5-6,8H,2-4,7H2,1H3,(H,14,15). The van der Waals surface area contributed by atoms with Gasteiger partial charge in [0.25, 0.3) is 0 Å². The lowest BCUT2D eigenvalue weighted by Crippen LogP contribution is -1.96. The summed E-state index contributed by atoms with van der Waals surface area (Å²) in [5.41, 5.74) is 1.97. The summed E-state index contributed by atoms with van der Waals surface area (Å²) >= 11 is 5.91. The maximum Gasteiger partial charge on any atom is 0.107 e. The number of ether oxygens (including phenoxy) is 1. The molecule has 0 unspecified atom stereocenters. The van der Waals surface area contributed by atoms with Crippen molar-refractivity contribution in [2.75, 3.05) is 13.2 Å². The normalized spacial score (nSPS) is 11.1. The van der Waals surface area contributed by atoms with Crippen molar-refractivity contribution < 1.29 is 4.74 Å². The third-order valence-electron chi connectivity index (χ3n) is 2.40. The molecular weight excluding hydrogens is 224 g/mol. The van der Waals surface area contributed by atoms with E-state index in [-0.39, 0.29) is 0 Å². The number of aromatic nitrogens is 2. The first-order chi connectivity index (χ1) is 7.79. The van der Waals surface area contributed by atoms with Gasteiger partial charge in [-0.25, -0.2) is 4.98 Å². The van der Waals surface area contributed by atoms with Crippen LogP contribution < -0.4 is 0 Å². The van der Waals surface area contributed by atoms with Crippen LogP contribution in [0, 0.1) is 0 Å². The smallest absolute Gasteiger partial charge is 0.107 e. The monoisotopic (exact) mass is 238 g/mol. The van der Waals surface area contributed by atoms with Crippen molar-refractivity contribution in [1.82, 2.24) is 9.97 Å². The van der Waals surface area contributed by atoms with Gasteiger partial charge in [0.2, 0.25) is 0 Å². The van der Waals surface area contributed by atoms with Gasteiger partial charge in [0.1, 0.15) is 5.82 Å². The highest BCUT2D eigenvalue weighted by molar-refractivity contribution is 6.31. The van der Waals surface area contributed by atoms with Gasteiger partial charge < -0.3 is 9.72 Å². The van der Waals surface area contributed by atoms with Crippen LogP contribution >= 0.6 is 11.6 Å². The molecule has 0 aliphatic heterocycles. The van der Waals surface area contributed by atoms with E-state index in [1.54, 1.807) is 0 Å². The van der Waals surface area contributed by atoms with Crippen molar-refractivity contribution in [2.24, 2.45) is 0 Å². The molecule has 86 valence electrons. The van der Waals surface area contributed by atoms with E-state index in [4.69, 9.17) is 16.3 Å². The molecule has 1 heterocycles. The number of imidazole rings is 1. The van der Waals surface area contributed by atoms with Gasteiger partial charge in [0.05, 0.1) is 11.0 Å². The predicted molar refractivity (Wildman–Crippen MR) is 65.9 cm³/mol. The van der Waals surface area contributed by atoms with Gasteiger partial charge in [-0.15, -0.1) is 0 Å². The molecule has 0 amide bonds. The molecule has 0 aliphatic carbocycles. The number of aryl methyl sites for hydroxylation is 1. The van der Waals surface area contributed by atoms with Gasteiger partial charge in [0.15, 0.2) is 0 Å². The lowest BCUT2D eigenvalue weighted by molar-refractivity contribution is 0.145. The molecule has 1 aromatic carbocycles. The van der Waals surface area contributed by atoms with Crippen LogP contribution in [0.2, 0.25) is 5.02 Å². The molecular formula is C12H15ClN2O. The van der Waals surface area contributed by atoms with Gasteiger partial charge >= 0.3 is 0 Å². The highest BCUT2D eigenvalue weighted by atomic mass is 35.5. The topological polar surface area (TPSA) is 37.9 Å². The van der Waals surface area contributed by atoms with Crippen LogP contribution in [0.3, 0.4) is 0 Å². The minimum absolute atomic E-state index is 0.733. The maximum atomic E-state index is 5.91. The molecule has 1 N–H and O–H groups in total. The highest BCUT2D eigenvalue weighted by Crippen LogP contribution is 2.17. The summed E-state index contributed by atoms with van der Waals surface area (Å²) < 4.78 is 5.29. The Hall–Kier alpha value is -1.06. The van der Waals surface area contributed by atoms with Crippen molar-refractivity contribution >= 4 is 22.6 Å². The summed E-state index contributed by atoms with van der Waals surface area (Å²) in [5.74, 6) is 0.997. The predicted octanol–water partition coefficient (Wildman–Crippen LogP) is 3.19. The molecule has 4 heteroatoms. The second-order valence-electron chi connectivity index (χ2n) is 3.65. The van der Waals surface area contributed by atoms with Crippen molar-refractivity contribution in [2.45, 2.75) is 19.8 Å². The quantitative estimate of drug-likeness (QED) is 0.813. The van der Waals surface area contributed by atoms with Gasteiger partial charge in [-0.3, -0.25) is 0 Å². The van der Waals surface area contributed by atoms with Gasteiger partial charge in [-0.1, -0.05) is 11.6 Å². The fraction of sp³-hybridized carbons (Fsp3) is 0.417. The summed E-state index contributed by atoms with van der Waals surface area (Å²) in [6, 6.07) is 5.69. The number of hydrogen-bond acceptors (Lipinski definition) is 2. The van der Waals surface area contributed by atoms with E-state index in [0.29, 0.717) is 0 Å². The highest BCUT2D eigenvalue weighted by Gasteiger charge is 2.02. The molecule has 16 heavy (non-hydrogen) atoms. The zero-order chi connectivity index (χ0) is 11.4. The largest absolute Gasteiger partial charge is 0.382 e. The van der Waals surface area contributed by atoms with E-state index in [1.807, 2.05) is 25.1 Å². The third-order valence-corrected chi connectivity index (χ3v) is 2.63. The first-order valence-electron chi connectivity index (χ1n) is 5.51. The zero-order valence-electron chi connectivity index (χ0n) is 9.29. The average Bonchev–Trinajstić information content (AvgIpc) is 2.66. The number of nitrogens with zero attached hydrogens (tertiary/aromatic N) is 1. The maximum absolute atomic E-state index is 5.91. The minimum atomic E-state index is 0.733. The van der Waals surface area contributed by atoms with Crippen molar-refractivity contribution in [3.05, 3.63) is 29.0 Å². The van der Waals surface area contributed by atoms with E-state index in [9.17, 15) is 0 Å². The number of halogens is 1. The molecule has 1 aromatic heterocycles. The van der Waals surface area contributed by atoms with Gasteiger partial charge in [0, 0.05) is 24.7 Å². The lowest BCUT2D eigenvalue weighted by atomic mass is 10.3. The zero-order valence-corrected chi connectivity index (χ0v) is 10.0. The van der Waals surface area contributed by atoms with E-state index in [1.165, 1.54) is 0 Å². The Morgan fingerprint density at radius 3 is 3.12 bits per heavy atom. The second-order valence-corrected chi connectivity index (χ2v) is 4.08. The Morgan fingerprint density at radius 2 is 2.31 bits per heavy atom. The lowest BCUT2D eigenvalue weighted by Gasteiger charge is -1.98. The number of aromatic amines is 1. The van der Waals surface area contributed by atoms with Crippen molar-refractivity contribution in [3.8, 4) is 0 Å². The third kappa shape index (κ3) is 2.74. The second kappa shape index (κ2) is 5.32. The Bertz CT molecular complexity index is 467. The summed E-state index contributed by atoms with van der Waals surface area (Å²) in [4.78, 5) is 7.74. The fourth-order valence-corrected chi connectivity index (χ4v) is 1.81. The van der Waals surface area contributed by atoms with E-state index in [0.717, 1.165) is 47.9 Å². The summed E-state index contributed by atoms with van der Waals surface area (Å²) in [6.45, 7) is 3.56. The van der Waals surface area contributed by atoms with Crippen LogP contribution in [0.4, 0.5) is 0 Å². The van der Waals surface area contributed by atoms with E-state index in [2.05, 4.69) is 9.97 Å². The first kappa shape index (κ1) is 11.4. The van der Waals surface area contributed by atoms with Crippen LogP contribution in [0.15, 0.2) is 18.2 Å². The molecule has 2 rings (SSSR count). The van der Waals surface area contributed by atoms with Crippen LogP contribution in [0.25, 0.3) is 11.0 Å². The molecule has 0 spiro atoms. The van der Waals surface area contributed by atoms with Crippen LogP contribution in [-0.2, 0) is 11.2 Å². The summed E-state index contributed by atoms with van der Waals surface area (Å²) in [6.07, 6.45) is 1.90. The molecule has 0 atom stereocenters. The number of nitrogens with one attached hydrogen (secondary N) is 1. The molecule has 0 aliphatic rings. The Balaban J connectivity index is 2.02. The molecule has 0 fully saturated rings. The Morgan fingerprint density at radius 1 is 1.44 bits per heavy atom. The number of fused-ring (bicyclic) bond motifs is 1. The van der Waals surface area contributed by atoms with Crippen molar-refractivity contribution in [1.29, 1.82) is 0 Å². The molecule has 0 saturated carbocycles. The van der Waals surface area contributed by atoms with E-state index < -0.39 is 0 Å². The molecule has 0 bridgehead atoms. The number of H-pyrrole nitrogens is 1. The Labute approximate surface area is 99.8 Å². The Kier molecular flexibility index (Phi) is 3.80. The number of rotatable bonds is 5. The first-order valence-corrected chi connectivity index (χ1v) is 5.89. The van der Waals surface area contributed by atoms with Crippen LogP contribution in [-0.4, -0.2) is 23.2 Å². The van der Waals surface area contributed by atoms with Crippen molar-refractivity contribution in [3.63, 3.8) is 0 Å². The summed E-state index contributed by atoms with van der Waals surface area (Å²) in [7, 11) is 0. The van der Waals surface area contributed by atoms with Crippen LogP contribution in [0.5, 0.6) is 0 Å². The van der Waals surface area contributed by atoms with Gasteiger partial charge in [-0.05, 0) is 31.5 Å². The van der Waals surface area contributed by atoms with Crippen LogP contribution in [0.1, 0.15) is 19.2 Å². The van der Waals surface area contributed by atoms with Gasteiger partial charge in [-0.2, -0.15) is 0 Å². The molecule has 3 nitrogen and oxygen atoms in total. The molecule has 0 saturated heterocycles. The SMILES string of the molecule is CCOCCCc1nc2ccc(Cl)cc2[nH]1. The fourth-order valence-electron chi connectivity index (χ4n) is 1.64. The molecule has 2 aromatic rings. The van der Waals surface area contributed by atoms with E-state index >= 15 is 0 Å². The average molecular weight is 239 g/mol. The number of hydrogen-bond donors (Lipinski definition) is 1. The minimum Gasteiger partial charge on any atom is -0.382 e. The number of benzene rings is 1.